The third-order valence-electron chi connectivity index (χ3n) is 3.46. The van der Waals surface area contributed by atoms with Crippen LogP contribution in [0.1, 0.15) is 19.3 Å². The Labute approximate surface area is 141 Å². The third-order valence-corrected chi connectivity index (χ3v) is 4.21. The molecule has 1 saturated heterocycles. The Balaban J connectivity index is 2.05. The number of carbonyl (C=O) groups excluding carboxylic acids is 2. The number of aromatic hydroxyl groups is 1. The number of carbonyl (C=O) groups is 2. The Morgan fingerprint density at radius 3 is 2.91 bits per heavy atom. The van der Waals surface area contributed by atoms with Crippen molar-refractivity contribution in [3.05, 3.63) is 21.6 Å². The number of phenols is 1. The van der Waals surface area contributed by atoms with Crippen LogP contribution in [0.25, 0.3) is 0 Å². The summed E-state index contributed by atoms with van der Waals surface area (Å²) >= 11 is 9.19. The van der Waals surface area contributed by atoms with E-state index >= 15 is 0 Å². The Hall–Kier alpha value is -1.31. The van der Waals surface area contributed by atoms with Crippen LogP contribution in [0.3, 0.4) is 0 Å². The average molecular weight is 391 g/mol. The SMILES string of the molecule is NC1CCCCN(CC(=O)Nc2c(O)cc(Br)cc2Cl)C1=O. The van der Waals surface area contributed by atoms with Crippen LogP contribution in [0.4, 0.5) is 5.69 Å². The number of nitrogens with zero attached hydrogens (tertiary/aromatic N) is 1. The molecule has 120 valence electrons. The molecule has 0 radical (unpaired) electrons. The summed E-state index contributed by atoms with van der Waals surface area (Å²) in [7, 11) is 0. The fourth-order valence-electron chi connectivity index (χ4n) is 2.33. The van der Waals surface area contributed by atoms with E-state index in [1.165, 1.54) is 11.0 Å². The van der Waals surface area contributed by atoms with Crippen LogP contribution in [0.15, 0.2) is 16.6 Å². The molecule has 0 aromatic heterocycles. The van der Waals surface area contributed by atoms with E-state index in [1.54, 1.807) is 6.07 Å². The summed E-state index contributed by atoms with van der Waals surface area (Å²) in [4.78, 5) is 25.6. The number of likely N-dealkylation sites (tertiary alicyclic amines) is 1. The molecule has 1 unspecified atom stereocenters. The van der Waals surface area contributed by atoms with Gasteiger partial charge in [-0.25, -0.2) is 0 Å². The van der Waals surface area contributed by atoms with Crippen molar-refractivity contribution in [3.63, 3.8) is 0 Å². The molecular weight excluding hydrogens is 374 g/mol. The van der Waals surface area contributed by atoms with Gasteiger partial charge in [-0.2, -0.15) is 0 Å². The first kappa shape index (κ1) is 17.1. The highest BCUT2D eigenvalue weighted by Gasteiger charge is 2.25. The molecule has 2 rings (SSSR count). The lowest BCUT2D eigenvalue weighted by Crippen LogP contribution is -2.45. The van der Waals surface area contributed by atoms with Crippen LogP contribution < -0.4 is 11.1 Å². The molecule has 1 atom stereocenters. The first-order valence-corrected chi connectivity index (χ1v) is 8.08. The summed E-state index contributed by atoms with van der Waals surface area (Å²) < 4.78 is 0.599. The summed E-state index contributed by atoms with van der Waals surface area (Å²) in [6.07, 6.45) is 2.32. The number of nitrogens with two attached hydrogens (primary N) is 1. The van der Waals surface area contributed by atoms with Crippen molar-refractivity contribution in [1.29, 1.82) is 0 Å². The molecule has 1 heterocycles. The van der Waals surface area contributed by atoms with Crippen molar-refractivity contribution in [2.45, 2.75) is 25.3 Å². The highest BCUT2D eigenvalue weighted by Crippen LogP contribution is 2.34. The zero-order chi connectivity index (χ0) is 16.3. The minimum Gasteiger partial charge on any atom is -0.506 e. The third kappa shape index (κ3) is 4.12. The standard InChI is InChI=1S/C14H17BrClN3O3/c15-8-5-9(16)13(11(20)6-8)18-12(21)7-19-4-2-1-3-10(17)14(19)22/h5-6,10,20H,1-4,7,17H2,(H,18,21). The van der Waals surface area contributed by atoms with Gasteiger partial charge in [-0.3, -0.25) is 9.59 Å². The maximum atomic E-state index is 12.1. The monoisotopic (exact) mass is 389 g/mol. The first-order valence-electron chi connectivity index (χ1n) is 6.90. The molecule has 0 spiro atoms. The predicted molar refractivity (Wildman–Crippen MR) is 87.9 cm³/mol. The molecule has 1 aliphatic rings. The molecule has 0 saturated carbocycles. The van der Waals surface area contributed by atoms with Gasteiger partial charge in [0.2, 0.25) is 11.8 Å². The van der Waals surface area contributed by atoms with Gasteiger partial charge in [-0.1, -0.05) is 27.5 Å². The number of hydrogen-bond donors (Lipinski definition) is 3. The maximum Gasteiger partial charge on any atom is 0.244 e. The van der Waals surface area contributed by atoms with Crippen LogP contribution in [0.2, 0.25) is 5.02 Å². The second kappa shape index (κ2) is 7.30. The van der Waals surface area contributed by atoms with Crippen molar-refractivity contribution in [2.75, 3.05) is 18.4 Å². The van der Waals surface area contributed by atoms with Crippen molar-refractivity contribution < 1.29 is 14.7 Å². The predicted octanol–water partition coefficient (Wildman–Crippen LogP) is 2.09. The Bertz CT molecular complexity index is 574. The first-order chi connectivity index (χ1) is 10.4. The number of phenolic OH excluding ortho intramolecular Hbond substituents is 1. The molecule has 2 amide bonds. The molecule has 8 heteroatoms. The van der Waals surface area contributed by atoms with Gasteiger partial charge >= 0.3 is 0 Å². The van der Waals surface area contributed by atoms with Crippen molar-refractivity contribution in [3.8, 4) is 5.75 Å². The smallest absolute Gasteiger partial charge is 0.244 e. The molecule has 22 heavy (non-hydrogen) atoms. The molecule has 1 fully saturated rings. The highest BCUT2D eigenvalue weighted by atomic mass is 79.9. The van der Waals surface area contributed by atoms with Gasteiger partial charge in [0.05, 0.1) is 17.6 Å². The summed E-state index contributed by atoms with van der Waals surface area (Å²) in [6, 6.07) is 2.43. The fraction of sp³-hybridized carbons (Fsp3) is 0.429. The molecule has 1 aromatic carbocycles. The van der Waals surface area contributed by atoms with E-state index in [1.807, 2.05) is 0 Å². The number of anilines is 1. The van der Waals surface area contributed by atoms with Crippen LogP contribution in [-0.2, 0) is 9.59 Å². The normalized spacial score (nSPS) is 19.0. The van der Waals surface area contributed by atoms with Gasteiger partial charge in [-0.15, -0.1) is 0 Å². The van der Waals surface area contributed by atoms with E-state index < -0.39 is 11.9 Å². The van der Waals surface area contributed by atoms with E-state index in [-0.39, 0.29) is 28.9 Å². The quantitative estimate of drug-likeness (QED) is 0.689. The fourth-order valence-corrected chi connectivity index (χ4v) is 3.17. The number of hydrogen-bond acceptors (Lipinski definition) is 4. The molecule has 1 aliphatic heterocycles. The van der Waals surface area contributed by atoms with Crippen LogP contribution in [-0.4, -0.2) is 41.0 Å². The summed E-state index contributed by atoms with van der Waals surface area (Å²) in [6.45, 7) is 0.387. The number of halogens is 2. The number of nitrogens with one attached hydrogen (secondary N) is 1. The Kier molecular flexibility index (Phi) is 5.66. The van der Waals surface area contributed by atoms with Gasteiger partial charge in [0.15, 0.2) is 0 Å². The largest absolute Gasteiger partial charge is 0.506 e. The number of benzene rings is 1. The molecule has 4 N–H and O–H groups in total. The molecule has 0 bridgehead atoms. The average Bonchev–Trinajstić information content (AvgIpc) is 2.58. The lowest BCUT2D eigenvalue weighted by molar-refractivity contribution is -0.135. The Morgan fingerprint density at radius 2 is 2.23 bits per heavy atom. The summed E-state index contributed by atoms with van der Waals surface area (Å²) in [5.74, 6) is -0.799. The van der Waals surface area contributed by atoms with Crippen molar-refractivity contribution in [1.82, 2.24) is 4.90 Å². The molecule has 1 aromatic rings. The zero-order valence-electron chi connectivity index (χ0n) is 11.8. The highest BCUT2D eigenvalue weighted by molar-refractivity contribution is 9.10. The van der Waals surface area contributed by atoms with Gasteiger partial charge in [-0.05, 0) is 31.4 Å². The lowest BCUT2D eigenvalue weighted by atomic mass is 10.1. The van der Waals surface area contributed by atoms with Crippen LogP contribution in [0.5, 0.6) is 5.75 Å². The molecule has 0 aliphatic carbocycles. The van der Waals surface area contributed by atoms with Gasteiger partial charge < -0.3 is 21.1 Å². The second-order valence-corrected chi connectivity index (χ2v) is 6.51. The summed E-state index contributed by atoms with van der Waals surface area (Å²) in [5, 5.41) is 12.6. The lowest BCUT2D eigenvalue weighted by Gasteiger charge is -2.22. The zero-order valence-corrected chi connectivity index (χ0v) is 14.2. The summed E-state index contributed by atoms with van der Waals surface area (Å²) in [5.41, 5.74) is 5.90. The van der Waals surface area contributed by atoms with E-state index in [4.69, 9.17) is 17.3 Å². The topological polar surface area (TPSA) is 95.7 Å². The van der Waals surface area contributed by atoms with Crippen LogP contribution >= 0.6 is 27.5 Å². The van der Waals surface area contributed by atoms with Crippen molar-refractivity contribution >= 4 is 45.0 Å². The van der Waals surface area contributed by atoms with Gasteiger partial charge in [0, 0.05) is 11.0 Å². The maximum absolute atomic E-state index is 12.1. The second-order valence-electron chi connectivity index (χ2n) is 5.19. The van der Waals surface area contributed by atoms with E-state index in [0.29, 0.717) is 17.4 Å². The Morgan fingerprint density at radius 1 is 1.50 bits per heavy atom. The minimum atomic E-state index is -0.556. The van der Waals surface area contributed by atoms with Gasteiger partial charge in [0.1, 0.15) is 11.4 Å². The molecular formula is C14H17BrClN3O3. The van der Waals surface area contributed by atoms with E-state index in [9.17, 15) is 14.7 Å². The van der Waals surface area contributed by atoms with Gasteiger partial charge in [0.25, 0.3) is 0 Å². The van der Waals surface area contributed by atoms with E-state index in [0.717, 1.165) is 12.8 Å². The number of amides is 2. The van der Waals surface area contributed by atoms with Crippen molar-refractivity contribution in [2.24, 2.45) is 5.73 Å². The van der Waals surface area contributed by atoms with Crippen LogP contribution in [0, 0.1) is 0 Å². The minimum absolute atomic E-state index is 0.113. The van der Waals surface area contributed by atoms with E-state index in [2.05, 4.69) is 21.2 Å². The molecule has 6 nitrogen and oxygen atoms in total. The number of rotatable bonds is 3.